The number of hydrogen-bond donors (Lipinski definition) is 1. The molecule has 1 aliphatic heterocycles. The molecule has 2 heterocycles. The van der Waals surface area contributed by atoms with Gasteiger partial charge in [0.1, 0.15) is 6.33 Å². The molecule has 0 bridgehead atoms. The highest BCUT2D eigenvalue weighted by atomic mass is 32.2. The van der Waals surface area contributed by atoms with E-state index < -0.39 is 0 Å². The number of hydrogen-bond acceptors (Lipinski definition) is 5. The molecule has 1 aliphatic rings. The molecule has 1 N–H and O–H groups in total. The van der Waals surface area contributed by atoms with Crippen molar-refractivity contribution in [2.45, 2.75) is 11.6 Å². The second kappa shape index (κ2) is 6.22. The van der Waals surface area contributed by atoms with E-state index in [9.17, 15) is 0 Å². The summed E-state index contributed by atoms with van der Waals surface area (Å²) in [4.78, 5) is 2.52. The molecule has 90 valence electrons. The largest absolute Gasteiger partial charge is 0.314 e. The van der Waals surface area contributed by atoms with Crippen molar-refractivity contribution >= 4 is 11.8 Å². The number of aryl methyl sites for hydroxylation is 1. The van der Waals surface area contributed by atoms with E-state index in [-0.39, 0.29) is 0 Å². The molecular weight excluding hydrogens is 222 g/mol. The van der Waals surface area contributed by atoms with Crippen LogP contribution < -0.4 is 5.32 Å². The maximum atomic E-state index is 4.05. The van der Waals surface area contributed by atoms with Crippen LogP contribution in [0.1, 0.15) is 6.42 Å². The van der Waals surface area contributed by atoms with Crippen molar-refractivity contribution in [1.82, 2.24) is 25.0 Å². The molecule has 0 radical (unpaired) electrons. The van der Waals surface area contributed by atoms with Crippen molar-refractivity contribution in [3.05, 3.63) is 6.33 Å². The number of thioether (sulfide) groups is 1. The van der Waals surface area contributed by atoms with Crippen LogP contribution in [0.4, 0.5) is 0 Å². The van der Waals surface area contributed by atoms with Crippen LogP contribution in [0.5, 0.6) is 0 Å². The SMILES string of the molecule is Cn1cnnc1SCCCN1CCNCC1. The third-order valence-electron chi connectivity index (χ3n) is 2.73. The number of rotatable bonds is 5. The molecule has 1 aromatic rings. The first-order chi connectivity index (χ1) is 7.86. The Labute approximate surface area is 101 Å². The van der Waals surface area contributed by atoms with Gasteiger partial charge in [-0.3, -0.25) is 0 Å². The fourth-order valence-corrected chi connectivity index (χ4v) is 2.60. The standard InChI is InChI=1S/C10H19N5S/c1-14-9-12-13-10(14)16-8-2-5-15-6-3-11-4-7-15/h9,11H,2-8H2,1H3. The number of nitrogens with one attached hydrogen (secondary N) is 1. The van der Waals surface area contributed by atoms with E-state index in [1.54, 1.807) is 18.1 Å². The molecule has 0 spiro atoms. The molecule has 0 aromatic carbocycles. The summed E-state index contributed by atoms with van der Waals surface area (Å²) < 4.78 is 1.97. The van der Waals surface area contributed by atoms with Crippen molar-refractivity contribution in [2.24, 2.45) is 7.05 Å². The van der Waals surface area contributed by atoms with Gasteiger partial charge in [-0.2, -0.15) is 0 Å². The lowest BCUT2D eigenvalue weighted by Crippen LogP contribution is -2.43. The third kappa shape index (κ3) is 3.47. The highest BCUT2D eigenvalue weighted by Crippen LogP contribution is 2.14. The van der Waals surface area contributed by atoms with Gasteiger partial charge in [-0.25, -0.2) is 0 Å². The van der Waals surface area contributed by atoms with Gasteiger partial charge >= 0.3 is 0 Å². The zero-order valence-corrected chi connectivity index (χ0v) is 10.5. The summed E-state index contributed by atoms with van der Waals surface area (Å²) in [7, 11) is 1.98. The van der Waals surface area contributed by atoms with E-state index in [4.69, 9.17) is 0 Å². The number of nitrogens with zero attached hydrogens (tertiary/aromatic N) is 4. The quantitative estimate of drug-likeness (QED) is 0.589. The van der Waals surface area contributed by atoms with E-state index in [1.165, 1.54) is 26.1 Å². The molecule has 16 heavy (non-hydrogen) atoms. The van der Waals surface area contributed by atoms with E-state index >= 15 is 0 Å². The summed E-state index contributed by atoms with van der Waals surface area (Å²) in [5.74, 6) is 1.12. The summed E-state index contributed by atoms with van der Waals surface area (Å²) in [6, 6.07) is 0. The van der Waals surface area contributed by atoms with E-state index in [0.717, 1.165) is 24.0 Å². The van der Waals surface area contributed by atoms with Crippen molar-refractivity contribution in [3.63, 3.8) is 0 Å². The summed E-state index contributed by atoms with van der Waals surface area (Å²) in [6.07, 6.45) is 2.97. The van der Waals surface area contributed by atoms with Crippen LogP contribution >= 0.6 is 11.8 Å². The minimum atomic E-state index is 1.01. The second-order valence-corrected chi connectivity index (χ2v) is 5.08. The molecule has 0 amide bonds. The van der Waals surface area contributed by atoms with Crippen LogP contribution in [0.15, 0.2) is 11.5 Å². The van der Waals surface area contributed by atoms with Crippen LogP contribution in [0.3, 0.4) is 0 Å². The van der Waals surface area contributed by atoms with E-state index in [1.807, 2.05) is 11.6 Å². The van der Waals surface area contributed by atoms with Gasteiger partial charge in [0.05, 0.1) is 0 Å². The molecule has 0 atom stereocenters. The zero-order chi connectivity index (χ0) is 11.2. The fourth-order valence-electron chi connectivity index (χ4n) is 1.79. The van der Waals surface area contributed by atoms with Crippen LogP contribution in [-0.2, 0) is 7.05 Å². The average Bonchev–Trinajstić information content (AvgIpc) is 2.72. The molecular formula is C10H19N5S. The monoisotopic (exact) mass is 241 g/mol. The predicted octanol–water partition coefficient (Wildman–Crippen LogP) is 0.202. The Bertz CT molecular complexity index is 308. The van der Waals surface area contributed by atoms with Crippen molar-refractivity contribution in [3.8, 4) is 0 Å². The van der Waals surface area contributed by atoms with Gasteiger partial charge in [0.25, 0.3) is 0 Å². The maximum absolute atomic E-state index is 4.05. The molecule has 5 nitrogen and oxygen atoms in total. The number of piperazine rings is 1. The zero-order valence-electron chi connectivity index (χ0n) is 9.72. The van der Waals surface area contributed by atoms with Crippen LogP contribution in [-0.4, -0.2) is 58.1 Å². The van der Waals surface area contributed by atoms with Crippen molar-refractivity contribution in [2.75, 3.05) is 38.5 Å². The molecule has 2 rings (SSSR count). The van der Waals surface area contributed by atoms with Crippen LogP contribution in [0, 0.1) is 0 Å². The summed E-state index contributed by atoms with van der Waals surface area (Å²) in [5, 5.41) is 12.3. The third-order valence-corrected chi connectivity index (χ3v) is 3.85. The Morgan fingerprint density at radius 3 is 2.94 bits per heavy atom. The Kier molecular flexibility index (Phi) is 4.62. The number of aromatic nitrogens is 3. The van der Waals surface area contributed by atoms with Crippen LogP contribution in [0.2, 0.25) is 0 Å². The van der Waals surface area contributed by atoms with Gasteiger partial charge in [0.2, 0.25) is 0 Å². The molecule has 0 unspecified atom stereocenters. The lowest BCUT2D eigenvalue weighted by Gasteiger charge is -2.26. The molecule has 0 aliphatic carbocycles. The minimum absolute atomic E-state index is 1.01. The van der Waals surface area contributed by atoms with Gasteiger partial charge in [-0.05, 0) is 13.0 Å². The Morgan fingerprint density at radius 2 is 2.25 bits per heavy atom. The first-order valence-corrected chi connectivity index (χ1v) is 6.75. The fraction of sp³-hybridized carbons (Fsp3) is 0.800. The average molecular weight is 241 g/mol. The summed E-state index contributed by atoms with van der Waals surface area (Å²) in [5.41, 5.74) is 0. The van der Waals surface area contributed by atoms with Crippen molar-refractivity contribution < 1.29 is 0 Å². The van der Waals surface area contributed by atoms with Gasteiger partial charge in [-0.1, -0.05) is 11.8 Å². The summed E-state index contributed by atoms with van der Waals surface area (Å²) >= 11 is 1.79. The molecule has 1 saturated heterocycles. The Hall–Kier alpha value is -0.590. The van der Waals surface area contributed by atoms with Crippen molar-refractivity contribution in [1.29, 1.82) is 0 Å². The summed E-state index contributed by atoms with van der Waals surface area (Å²) in [6.45, 7) is 5.85. The topological polar surface area (TPSA) is 46.0 Å². The first-order valence-electron chi connectivity index (χ1n) is 5.76. The van der Waals surface area contributed by atoms with Gasteiger partial charge in [0, 0.05) is 39.0 Å². The second-order valence-electron chi connectivity index (χ2n) is 4.02. The van der Waals surface area contributed by atoms with Gasteiger partial charge in [0.15, 0.2) is 5.16 Å². The first kappa shape index (κ1) is 11.9. The Balaban J connectivity index is 1.59. The molecule has 6 heteroatoms. The van der Waals surface area contributed by atoms with E-state index in [2.05, 4.69) is 20.4 Å². The molecule has 1 aromatic heterocycles. The lowest BCUT2D eigenvalue weighted by atomic mass is 10.3. The van der Waals surface area contributed by atoms with E-state index in [0.29, 0.717) is 0 Å². The Morgan fingerprint density at radius 1 is 1.44 bits per heavy atom. The van der Waals surface area contributed by atoms with Gasteiger partial charge in [-0.15, -0.1) is 10.2 Å². The maximum Gasteiger partial charge on any atom is 0.190 e. The molecule has 1 fully saturated rings. The lowest BCUT2D eigenvalue weighted by molar-refractivity contribution is 0.242. The van der Waals surface area contributed by atoms with Crippen LogP contribution in [0.25, 0.3) is 0 Å². The van der Waals surface area contributed by atoms with Gasteiger partial charge < -0.3 is 14.8 Å². The highest BCUT2D eigenvalue weighted by Gasteiger charge is 2.08. The normalized spacial score (nSPS) is 17.8. The predicted molar refractivity (Wildman–Crippen MR) is 65.7 cm³/mol. The highest BCUT2D eigenvalue weighted by molar-refractivity contribution is 7.99. The minimum Gasteiger partial charge on any atom is -0.314 e. The molecule has 0 saturated carbocycles. The smallest absolute Gasteiger partial charge is 0.190 e.